The molecule has 2 N–H and O–H groups in total. The van der Waals surface area contributed by atoms with Crippen LogP contribution in [0.5, 0.6) is 0 Å². The molecule has 5 rings (SSSR count). The van der Waals surface area contributed by atoms with Crippen LogP contribution < -0.4 is 5.32 Å². The van der Waals surface area contributed by atoms with Crippen molar-refractivity contribution in [3.05, 3.63) is 102 Å². The highest BCUT2D eigenvalue weighted by molar-refractivity contribution is 5.87. The fourth-order valence-corrected chi connectivity index (χ4v) is 4.37. The third kappa shape index (κ3) is 3.84. The highest BCUT2D eigenvalue weighted by Crippen LogP contribution is 2.44. The Kier molecular flexibility index (Phi) is 5.28. The first-order valence-corrected chi connectivity index (χ1v) is 10.6. The van der Waals surface area contributed by atoms with Gasteiger partial charge >= 0.3 is 6.09 Å². The average molecular weight is 409 g/mol. The minimum atomic E-state index is -0.373. The van der Waals surface area contributed by atoms with Gasteiger partial charge in [-0.15, -0.1) is 0 Å². The van der Waals surface area contributed by atoms with Gasteiger partial charge in [-0.05, 0) is 45.7 Å². The lowest BCUT2D eigenvalue weighted by molar-refractivity contribution is 0.143. The van der Waals surface area contributed by atoms with E-state index in [4.69, 9.17) is 4.74 Å². The molecule has 1 aliphatic rings. The molecule has 4 aromatic rings. The number of benzene rings is 3. The van der Waals surface area contributed by atoms with Crippen molar-refractivity contribution in [1.82, 2.24) is 10.3 Å². The molecule has 0 saturated heterocycles. The Morgan fingerprint density at radius 3 is 2.45 bits per heavy atom. The van der Waals surface area contributed by atoms with Crippen molar-refractivity contribution in [1.29, 1.82) is 0 Å². The van der Waals surface area contributed by atoms with E-state index in [1.165, 1.54) is 27.6 Å². The fourth-order valence-electron chi connectivity index (χ4n) is 4.37. The number of H-pyrrole nitrogens is 1. The van der Waals surface area contributed by atoms with Crippen molar-refractivity contribution in [3.8, 4) is 11.1 Å². The van der Waals surface area contributed by atoms with Crippen molar-refractivity contribution in [3.63, 3.8) is 0 Å². The molecule has 0 atom stereocenters. The van der Waals surface area contributed by atoms with E-state index in [2.05, 4.69) is 77.1 Å². The fraction of sp³-hybridized carbons (Fsp3) is 0.148. The van der Waals surface area contributed by atoms with Crippen LogP contribution in [0.1, 0.15) is 29.0 Å². The van der Waals surface area contributed by atoms with Gasteiger partial charge in [-0.2, -0.15) is 0 Å². The average Bonchev–Trinajstić information content (AvgIpc) is 3.41. The summed E-state index contributed by atoms with van der Waals surface area (Å²) in [6.45, 7) is 0.873. The van der Waals surface area contributed by atoms with Crippen LogP contribution >= 0.6 is 0 Å². The van der Waals surface area contributed by atoms with E-state index < -0.39 is 0 Å². The van der Waals surface area contributed by atoms with E-state index >= 15 is 0 Å². The minimum absolute atomic E-state index is 0.0827. The molecule has 0 spiro atoms. The summed E-state index contributed by atoms with van der Waals surface area (Å²) < 4.78 is 5.57. The Hall–Kier alpha value is -3.79. The molecule has 1 aliphatic carbocycles. The topological polar surface area (TPSA) is 54.1 Å². The SMILES string of the molecule is O=C(NCCC=Cc1cccc2cc[nH]c12)OCC1c2ccccc2-c2ccccc21. The Bertz CT molecular complexity index is 1210. The van der Waals surface area contributed by atoms with Crippen LogP contribution in [0.4, 0.5) is 4.79 Å². The second-order valence-electron chi connectivity index (χ2n) is 7.73. The van der Waals surface area contributed by atoms with Crippen LogP contribution in [-0.4, -0.2) is 24.2 Å². The summed E-state index contributed by atoms with van der Waals surface area (Å²) in [6, 6.07) is 25.0. The van der Waals surface area contributed by atoms with Crippen molar-refractivity contribution >= 4 is 23.1 Å². The number of hydrogen-bond acceptors (Lipinski definition) is 2. The van der Waals surface area contributed by atoms with Gasteiger partial charge in [0.2, 0.25) is 0 Å². The molecule has 0 aliphatic heterocycles. The van der Waals surface area contributed by atoms with Gasteiger partial charge in [0.15, 0.2) is 0 Å². The molecule has 4 heteroatoms. The molecule has 31 heavy (non-hydrogen) atoms. The normalized spacial score (nSPS) is 12.8. The first kappa shape index (κ1) is 19.2. The van der Waals surface area contributed by atoms with Gasteiger partial charge in [-0.25, -0.2) is 4.79 Å². The molecule has 0 fully saturated rings. The lowest BCUT2D eigenvalue weighted by atomic mass is 9.98. The van der Waals surface area contributed by atoms with Gasteiger partial charge < -0.3 is 15.0 Å². The first-order chi connectivity index (χ1) is 15.3. The van der Waals surface area contributed by atoms with E-state index in [0.717, 1.165) is 17.5 Å². The molecule has 1 amide bonds. The van der Waals surface area contributed by atoms with Crippen LogP contribution in [0, 0.1) is 0 Å². The number of aromatic amines is 1. The number of ether oxygens (including phenoxy) is 1. The maximum absolute atomic E-state index is 12.2. The maximum atomic E-state index is 12.2. The molecule has 0 unspecified atom stereocenters. The number of nitrogens with one attached hydrogen (secondary N) is 2. The number of para-hydroxylation sites is 1. The van der Waals surface area contributed by atoms with Crippen LogP contribution in [0.2, 0.25) is 0 Å². The van der Waals surface area contributed by atoms with Gasteiger partial charge in [-0.3, -0.25) is 0 Å². The number of aromatic nitrogens is 1. The zero-order chi connectivity index (χ0) is 21.0. The van der Waals surface area contributed by atoms with E-state index in [1.54, 1.807) is 0 Å². The monoisotopic (exact) mass is 408 g/mol. The lowest BCUT2D eigenvalue weighted by Crippen LogP contribution is -2.26. The van der Waals surface area contributed by atoms with Crippen molar-refractivity contribution in [2.24, 2.45) is 0 Å². The summed E-state index contributed by atoms with van der Waals surface area (Å²) in [5.74, 6) is 0.0827. The van der Waals surface area contributed by atoms with Crippen LogP contribution in [0.15, 0.2) is 85.1 Å². The number of hydrogen-bond donors (Lipinski definition) is 2. The zero-order valence-electron chi connectivity index (χ0n) is 17.2. The molecule has 1 aromatic heterocycles. The minimum Gasteiger partial charge on any atom is -0.449 e. The molecular formula is C27H24N2O2. The summed E-state index contributed by atoms with van der Waals surface area (Å²) >= 11 is 0. The number of amides is 1. The standard InChI is InChI=1S/C27H24N2O2/c30-27(29-16-6-5-8-19-9-7-10-20-15-17-28-26(19)20)31-18-25-23-13-3-1-11-21(23)22-12-2-4-14-24(22)25/h1-5,7-15,17,25,28H,6,16,18H2,(H,29,30). The van der Waals surface area contributed by atoms with E-state index in [0.29, 0.717) is 13.2 Å². The molecule has 4 nitrogen and oxygen atoms in total. The summed E-state index contributed by atoms with van der Waals surface area (Å²) in [5.41, 5.74) is 7.17. The van der Waals surface area contributed by atoms with Crippen molar-refractivity contribution in [2.45, 2.75) is 12.3 Å². The summed E-state index contributed by atoms with van der Waals surface area (Å²) in [6.07, 6.45) is 6.46. The smallest absolute Gasteiger partial charge is 0.407 e. The van der Waals surface area contributed by atoms with Gasteiger partial charge in [0, 0.05) is 18.7 Å². The highest BCUT2D eigenvalue weighted by atomic mass is 16.5. The number of carbonyl (C=O) groups is 1. The molecule has 0 radical (unpaired) electrons. The summed E-state index contributed by atoms with van der Waals surface area (Å²) in [7, 11) is 0. The van der Waals surface area contributed by atoms with Crippen LogP contribution in [0.25, 0.3) is 28.1 Å². The first-order valence-electron chi connectivity index (χ1n) is 10.6. The van der Waals surface area contributed by atoms with Crippen molar-refractivity contribution < 1.29 is 9.53 Å². The highest BCUT2D eigenvalue weighted by Gasteiger charge is 2.28. The Balaban J connectivity index is 1.14. The van der Waals surface area contributed by atoms with Gasteiger partial charge in [0.25, 0.3) is 0 Å². The number of alkyl carbamates (subject to hydrolysis) is 1. The van der Waals surface area contributed by atoms with Crippen LogP contribution in [-0.2, 0) is 4.74 Å². The van der Waals surface area contributed by atoms with Gasteiger partial charge in [0.05, 0.1) is 5.52 Å². The maximum Gasteiger partial charge on any atom is 0.407 e. The molecule has 0 bridgehead atoms. The third-order valence-electron chi connectivity index (χ3n) is 5.84. The second-order valence-corrected chi connectivity index (χ2v) is 7.73. The third-order valence-corrected chi connectivity index (χ3v) is 5.84. The van der Waals surface area contributed by atoms with Gasteiger partial charge in [0.1, 0.15) is 6.61 Å². The van der Waals surface area contributed by atoms with Crippen LogP contribution in [0.3, 0.4) is 0 Å². The Labute approximate surface area is 181 Å². The molecule has 0 saturated carbocycles. The Morgan fingerprint density at radius 1 is 0.935 bits per heavy atom. The second kappa shape index (κ2) is 8.52. The number of fused-ring (bicyclic) bond motifs is 4. The van der Waals surface area contributed by atoms with Gasteiger partial charge in [-0.1, -0.05) is 78.9 Å². The quantitative estimate of drug-likeness (QED) is 0.378. The predicted molar refractivity (Wildman–Crippen MR) is 125 cm³/mol. The number of rotatable bonds is 6. The molecule has 154 valence electrons. The molecular weight excluding hydrogens is 384 g/mol. The predicted octanol–water partition coefficient (Wildman–Crippen LogP) is 6.11. The summed E-state index contributed by atoms with van der Waals surface area (Å²) in [4.78, 5) is 15.5. The number of carbonyl (C=O) groups excluding carboxylic acids is 1. The zero-order valence-corrected chi connectivity index (χ0v) is 17.2. The largest absolute Gasteiger partial charge is 0.449 e. The van der Waals surface area contributed by atoms with E-state index in [-0.39, 0.29) is 12.0 Å². The van der Waals surface area contributed by atoms with E-state index in [1.807, 2.05) is 24.4 Å². The Morgan fingerprint density at radius 2 is 1.68 bits per heavy atom. The van der Waals surface area contributed by atoms with Crippen molar-refractivity contribution in [2.75, 3.05) is 13.2 Å². The lowest BCUT2D eigenvalue weighted by Gasteiger charge is -2.14. The molecule has 1 heterocycles. The summed E-state index contributed by atoms with van der Waals surface area (Å²) in [5, 5.41) is 4.05. The van der Waals surface area contributed by atoms with E-state index in [9.17, 15) is 4.79 Å². The molecule has 3 aromatic carbocycles.